The topological polar surface area (TPSA) is 64.4 Å². The maximum atomic E-state index is 10.9. The minimum atomic E-state index is -0.420. The molecule has 2 rings (SSSR count). The van der Waals surface area contributed by atoms with Crippen LogP contribution in [0.3, 0.4) is 0 Å². The lowest BCUT2D eigenvalue weighted by Crippen LogP contribution is -2.27. The van der Waals surface area contributed by atoms with Gasteiger partial charge in [-0.15, -0.1) is 0 Å². The van der Waals surface area contributed by atoms with E-state index in [0.29, 0.717) is 11.8 Å². The molecule has 1 aromatic rings. The van der Waals surface area contributed by atoms with Crippen molar-refractivity contribution < 1.29 is 9.66 Å². The van der Waals surface area contributed by atoms with E-state index in [1.807, 2.05) is 0 Å². The maximum absolute atomic E-state index is 10.9. The smallest absolute Gasteiger partial charge is 0.311 e. The summed E-state index contributed by atoms with van der Waals surface area (Å²) in [5.41, 5.74) is 0.905. The number of hydrogen-bond acceptors (Lipinski definition) is 4. The Labute approximate surface area is 119 Å². The number of ether oxygens (including phenoxy) is 1. The van der Waals surface area contributed by atoms with E-state index in [0.717, 1.165) is 18.0 Å². The van der Waals surface area contributed by atoms with Crippen molar-refractivity contribution in [1.29, 1.82) is 0 Å². The van der Waals surface area contributed by atoms with Crippen LogP contribution in [-0.4, -0.2) is 18.1 Å². The molecule has 1 aliphatic rings. The summed E-state index contributed by atoms with van der Waals surface area (Å²) in [6.07, 6.45) is 6.13. The average Bonchev–Trinajstić information content (AvgIpc) is 2.47. The van der Waals surface area contributed by atoms with Crippen LogP contribution in [0.2, 0.25) is 0 Å². The van der Waals surface area contributed by atoms with Crippen LogP contribution in [0.1, 0.15) is 39.0 Å². The molecule has 1 N–H and O–H groups in total. The van der Waals surface area contributed by atoms with Crippen molar-refractivity contribution >= 4 is 11.4 Å². The van der Waals surface area contributed by atoms with Crippen LogP contribution in [0.25, 0.3) is 0 Å². The minimum Gasteiger partial charge on any atom is -0.490 e. The predicted molar refractivity (Wildman–Crippen MR) is 79.3 cm³/mol. The summed E-state index contributed by atoms with van der Waals surface area (Å²) in [5.74, 6) is 1.10. The Morgan fingerprint density at radius 3 is 2.90 bits per heavy atom. The van der Waals surface area contributed by atoms with E-state index in [-0.39, 0.29) is 5.69 Å². The number of methoxy groups -OCH3 is 1. The molecule has 0 spiro atoms. The van der Waals surface area contributed by atoms with Crippen molar-refractivity contribution in [2.24, 2.45) is 5.92 Å². The SMILES string of the molecule is CCC1CCCC(Nc2ccc([N+](=O)[O-])c(OC)c2)C1. The van der Waals surface area contributed by atoms with E-state index in [1.165, 1.54) is 38.9 Å². The number of rotatable bonds is 5. The molecule has 0 saturated heterocycles. The van der Waals surface area contributed by atoms with E-state index >= 15 is 0 Å². The van der Waals surface area contributed by atoms with Crippen LogP contribution in [0, 0.1) is 16.0 Å². The highest BCUT2D eigenvalue weighted by Crippen LogP contribution is 2.32. The Bertz CT molecular complexity index is 476. The molecule has 110 valence electrons. The molecule has 0 radical (unpaired) electrons. The van der Waals surface area contributed by atoms with Crippen LogP contribution in [0.15, 0.2) is 18.2 Å². The van der Waals surface area contributed by atoms with Gasteiger partial charge in [-0.1, -0.05) is 26.2 Å². The number of nitro groups is 1. The van der Waals surface area contributed by atoms with E-state index in [9.17, 15) is 10.1 Å². The standard InChI is InChI=1S/C15H22N2O3/c1-3-11-5-4-6-12(9-11)16-13-7-8-14(17(18)19)15(10-13)20-2/h7-8,10-12,16H,3-6,9H2,1-2H3. The molecule has 0 aromatic heterocycles. The Kier molecular flexibility index (Phi) is 4.82. The van der Waals surface area contributed by atoms with Gasteiger partial charge in [0.05, 0.1) is 12.0 Å². The largest absolute Gasteiger partial charge is 0.490 e. The van der Waals surface area contributed by atoms with Gasteiger partial charge in [-0.25, -0.2) is 0 Å². The number of nitro benzene ring substituents is 1. The number of benzene rings is 1. The highest BCUT2D eigenvalue weighted by molar-refractivity contribution is 5.58. The first-order chi connectivity index (χ1) is 9.63. The summed E-state index contributed by atoms with van der Waals surface area (Å²) in [5, 5.41) is 14.4. The van der Waals surface area contributed by atoms with Gasteiger partial charge in [0.1, 0.15) is 0 Å². The zero-order chi connectivity index (χ0) is 14.5. The third-order valence-corrected chi connectivity index (χ3v) is 4.11. The monoisotopic (exact) mass is 278 g/mol. The molecular formula is C15H22N2O3. The highest BCUT2D eigenvalue weighted by atomic mass is 16.6. The van der Waals surface area contributed by atoms with Gasteiger partial charge in [0.2, 0.25) is 0 Å². The molecule has 1 saturated carbocycles. The van der Waals surface area contributed by atoms with Crippen LogP contribution in [0.5, 0.6) is 5.75 Å². The number of nitrogens with one attached hydrogen (secondary N) is 1. The van der Waals surface area contributed by atoms with Gasteiger partial charge in [0.25, 0.3) is 0 Å². The first kappa shape index (κ1) is 14.6. The molecule has 5 nitrogen and oxygen atoms in total. The average molecular weight is 278 g/mol. The second-order valence-corrected chi connectivity index (χ2v) is 5.43. The van der Waals surface area contributed by atoms with Gasteiger partial charge in [-0.3, -0.25) is 10.1 Å². The van der Waals surface area contributed by atoms with E-state index in [1.54, 1.807) is 12.1 Å². The third-order valence-electron chi connectivity index (χ3n) is 4.11. The molecule has 5 heteroatoms. The second kappa shape index (κ2) is 6.59. The lowest BCUT2D eigenvalue weighted by Gasteiger charge is -2.29. The van der Waals surface area contributed by atoms with E-state index in [4.69, 9.17) is 4.74 Å². The normalized spacial score (nSPS) is 22.3. The van der Waals surface area contributed by atoms with Crippen molar-refractivity contribution in [1.82, 2.24) is 0 Å². The van der Waals surface area contributed by atoms with Crippen molar-refractivity contribution in [2.75, 3.05) is 12.4 Å². The Morgan fingerprint density at radius 2 is 2.25 bits per heavy atom. The maximum Gasteiger partial charge on any atom is 0.311 e. The molecule has 1 fully saturated rings. The summed E-state index contributed by atoms with van der Waals surface area (Å²) < 4.78 is 5.10. The molecular weight excluding hydrogens is 256 g/mol. The summed E-state index contributed by atoms with van der Waals surface area (Å²) in [4.78, 5) is 10.4. The molecule has 2 unspecified atom stereocenters. The summed E-state index contributed by atoms with van der Waals surface area (Å²) in [7, 11) is 1.46. The Morgan fingerprint density at radius 1 is 1.45 bits per heavy atom. The quantitative estimate of drug-likeness (QED) is 0.653. The van der Waals surface area contributed by atoms with E-state index in [2.05, 4.69) is 12.2 Å². The van der Waals surface area contributed by atoms with Gasteiger partial charge < -0.3 is 10.1 Å². The van der Waals surface area contributed by atoms with Crippen LogP contribution in [-0.2, 0) is 0 Å². The third kappa shape index (κ3) is 3.40. The Hall–Kier alpha value is -1.78. The van der Waals surface area contributed by atoms with Gasteiger partial charge in [-0.05, 0) is 24.8 Å². The first-order valence-electron chi connectivity index (χ1n) is 7.23. The molecule has 0 bridgehead atoms. The molecule has 0 heterocycles. The second-order valence-electron chi connectivity index (χ2n) is 5.43. The molecule has 0 amide bonds. The summed E-state index contributed by atoms with van der Waals surface area (Å²) >= 11 is 0. The van der Waals surface area contributed by atoms with Gasteiger partial charge >= 0.3 is 5.69 Å². The zero-order valence-electron chi connectivity index (χ0n) is 12.1. The lowest BCUT2D eigenvalue weighted by atomic mass is 9.84. The fraction of sp³-hybridized carbons (Fsp3) is 0.600. The fourth-order valence-electron chi connectivity index (χ4n) is 2.95. The molecule has 1 aromatic carbocycles. The molecule has 1 aliphatic carbocycles. The fourth-order valence-corrected chi connectivity index (χ4v) is 2.95. The van der Waals surface area contributed by atoms with Crippen LogP contribution >= 0.6 is 0 Å². The van der Waals surface area contributed by atoms with Crippen LogP contribution in [0.4, 0.5) is 11.4 Å². The Balaban J connectivity index is 2.07. The number of hydrogen-bond donors (Lipinski definition) is 1. The van der Waals surface area contributed by atoms with Gasteiger partial charge in [0, 0.05) is 23.9 Å². The molecule has 20 heavy (non-hydrogen) atoms. The summed E-state index contributed by atoms with van der Waals surface area (Å²) in [6.45, 7) is 2.24. The van der Waals surface area contributed by atoms with E-state index < -0.39 is 4.92 Å². The van der Waals surface area contributed by atoms with Crippen molar-refractivity contribution in [2.45, 2.75) is 45.1 Å². The highest BCUT2D eigenvalue weighted by Gasteiger charge is 2.21. The number of anilines is 1. The lowest BCUT2D eigenvalue weighted by molar-refractivity contribution is -0.385. The predicted octanol–water partition coefficient (Wildman–Crippen LogP) is 3.98. The van der Waals surface area contributed by atoms with Crippen molar-refractivity contribution in [3.63, 3.8) is 0 Å². The molecule has 0 aliphatic heterocycles. The number of nitrogens with zero attached hydrogens (tertiary/aromatic N) is 1. The van der Waals surface area contributed by atoms with Crippen LogP contribution < -0.4 is 10.1 Å². The van der Waals surface area contributed by atoms with Gasteiger partial charge in [0.15, 0.2) is 5.75 Å². The first-order valence-corrected chi connectivity index (χ1v) is 7.23. The molecule has 2 atom stereocenters. The zero-order valence-corrected chi connectivity index (χ0v) is 12.1. The minimum absolute atomic E-state index is 0.00753. The summed E-state index contributed by atoms with van der Waals surface area (Å²) in [6, 6.07) is 5.44. The van der Waals surface area contributed by atoms with Gasteiger partial charge in [-0.2, -0.15) is 0 Å². The van der Waals surface area contributed by atoms with Crippen molar-refractivity contribution in [3.05, 3.63) is 28.3 Å². The van der Waals surface area contributed by atoms with Crippen molar-refractivity contribution in [3.8, 4) is 5.75 Å².